The van der Waals surface area contributed by atoms with E-state index >= 15 is 0 Å². The fraction of sp³-hybridized carbons (Fsp3) is 0.533. The predicted octanol–water partition coefficient (Wildman–Crippen LogP) is 2.13. The van der Waals surface area contributed by atoms with Crippen molar-refractivity contribution in [2.45, 2.75) is 50.5 Å². The van der Waals surface area contributed by atoms with Crippen LogP contribution in [0.1, 0.15) is 36.8 Å². The minimum absolute atomic E-state index is 0.111. The van der Waals surface area contributed by atoms with Crippen LogP contribution >= 0.6 is 0 Å². The third-order valence-corrected chi connectivity index (χ3v) is 6.04. The Bertz CT molecular complexity index is 766. The highest BCUT2D eigenvalue weighted by atomic mass is 32.2. The van der Waals surface area contributed by atoms with E-state index < -0.39 is 26.8 Å². The third-order valence-electron chi connectivity index (χ3n) is 4.38. The molecule has 0 saturated heterocycles. The molecule has 2 N–H and O–H groups in total. The second-order valence-corrected chi connectivity index (χ2v) is 7.85. The van der Waals surface area contributed by atoms with Crippen LogP contribution in [0.5, 0.6) is 0 Å². The Kier molecular flexibility index (Phi) is 5.24. The first-order valence-electron chi connectivity index (χ1n) is 7.62. The topological polar surface area (TPSA) is 127 Å². The monoisotopic (exact) mass is 356 g/mol. The van der Waals surface area contributed by atoms with Crippen molar-refractivity contribution >= 4 is 21.7 Å². The van der Waals surface area contributed by atoms with Gasteiger partial charge in [0.1, 0.15) is 0 Å². The third kappa shape index (κ3) is 3.90. The maximum Gasteiger partial charge on any atom is 0.306 e. The maximum atomic E-state index is 12.6. The van der Waals surface area contributed by atoms with Crippen molar-refractivity contribution in [3.63, 3.8) is 0 Å². The standard InChI is InChI=1S/C15H20N2O6S/c1-9-7-10(2)14(8-13(9)17(20)21)24(22,23)16-12-5-3-11(4-6-12)15(18)19/h7-8,11-12,16H,3-6H2,1-2H3,(H,18,19). The zero-order chi connectivity index (χ0) is 18.1. The van der Waals surface area contributed by atoms with Crippen molar-refractivity contribution in [1.82, 2.24) is 4.72 Å². The van der Waals surface area contributed by atoms with Crippen LogP contribution in [0.3, 0.4) is 0 Å². The van der Waals surface area contributed by atoms with Crippen LogP contribution in [0.2, 0.25) is 0 Å². The molecule has 1 aromatic rings. The van der Waals surface area contributed by atoms with Crippen molar-refractivity contribution in [1.29, 1.82) is 0 Å². The molecule has 9 heteroatoms. The van der Waals surface area contributed by atoms with Gasteiger partial charge in [-0.25, -0.2) is 13.1 Å². The highest BCUT2D eigenvalue weighted by Gasteiger charge is 2.30. The summed E-state index contributed by atoms with van der Waals surface area (Å²) in [5.74, 6) is -1.30. The minimum atomic E-state index is -3.90. The molecular weight excluding hydrogens is 336 g/mol. The fourth-order valence-electron chi connectivity index (χ4n) is 3.05. The van der Waals surface area contributed by atoms with Gasteiger partial charge in [0.15, 0.2) is 0 Å². The molecule has 0 heterocycles. The summed E-state index contributed by atoms with van der Waals surface area (Å²) in [5.41, 5.74) is 0.596. The van der Waals surface area contributed by atoms with Gasteiger partial charge in [0.05, 0.1) is 15.7 Å². The number of carboxylic acids is 1. The second kappa shape index (κ2) is 6.86. The molecule has 0 aliphatic heterocycles. The zero-order valence-corrected chi connectivity index (χ0v) is 14.3. The first kappa shape index (κ1) is 18.3. The van der Waals surface area contributed by atoms with Crippen molar-refractivity contribution in [3.05, 3.63) is 33.4 Å². The first-order valence-corrected chi connectivity index (χ1v) is 9.11. The molecule has 8 nitrogen and oxygen atoms in total. The van der Waals surface area contributed by atoms with Gasteiger partial charge in [0.2, 0.25) is 10.0 Å². The lowest BCUT2D eigenvalue weighted by Crippen LogP contribution is -2.38. The number of hydrogen-bond acceptors (Lipinski definition) is 5. The zero-order valence-electron chi connectivity index (χ0n) is 13.5. The molecule has 0 atom stereocenters. The number of nitro groups is 1. The Labute approximate surface area is 140 Å². The molecule has 1 aromatic carbocycles. The SMILES string of the molecule is Cc1cc(C)c(S(=O)(=O)NC2CCC(C(=O)O)CC2)cc1[N+](=O)[O-]. The quantitative estimate of drug-likeness (QED) is 0.614. The van der Waals surface area contributed by atoms with Gasteiger partial charge in [-0.15, -0.1) is 0 Å². The van der Waals surface area contributed by atoms with Gasteiger partial charge < -0.3 is 5.11 Å². The van der Waals surface area contributed by atoms with Crippen LogP contribution in [0, 0.1) is 29.9 Å². The van der Waals surface area contributed by atoms with E-state index in [-0.39, 0.29) is 16.6 Å². The normalized spacial score (nSPS) is 21.4. The van der Waals surface area contributed by atoms with E-state index in [1.165, 1.54) is 6.07 Å². The Hall–Kier alpha value is -2.00. The van der Waals surface area contributed by atoms with Crippen LogP contribution in [-0.2, 0) is 14.8 Å². The molecule has 0 amide bonds. The number of benzene rings is 1. The van der Waals surface area contributed by atoms with Gasteiger partial charge in [-0.2, -0.15) is 0 Å². The molecule has 0 radical (unpaired) electrons. The summed E-state index contributed by atoms with van der Waals surface area (Å²) in [6.07, 6.45) is 1.69. The molecular formula is C15H20N2O6S. The van der Waals surface area contributed by atoms with E-state index in [0.29, 0.717) is 36.8 Å². The van der Waals surface area contributed by atoms with Gasteiger partial charge in [-0.1, -0.05) is 0 Å². The number of carboxylic acid groups (broad SMARTS) is 1. The first-order chi connectivity index (χ1) is 11.1. The van der Waals surface area contributed by atoms with Gasteiger partial charge in [0, 0.05) is 17.7 Å². The molecule has 132 valence electrons. The Morgan fingerprint density at radius 3 is 2.29 bits per heavy atom. The van der Waals surface area contributed by atoms with Gasteiger partial charge in [-0.05, 0) is 51.2 Å². The van der Waals surface area contributed by atoms with E-state index in [1.54, 1.807) is 13.8 Å². The highest BCUT2D eigenvalue weighted by molar-refractivity contribution is 7.89. The number of rotatable bonds is 5. The van der Waals surface area contributed by atoms with Crippen LogP contribution in [-0.4, -0.2) is 30.5 Å². The Morgan fingerprint density at radius 2 is 1.79 bits per heavy atom. The summed E-state index contributed by atoms with van der Waals surface area (Å²) < 4.78 is 27.7. The summed E-state index contributed by atoms with van der Waals surface area (Å²) in [6.45, 7) is 3.15. The van der Waals surface area contributed by atoms with E-state index in [4.69, 9.17) is 5.11 Å². The average molecular weight is 356 g/mol. The summed E-state index contributed by atoms with van der Waals surface area (Å²) in [4.78, 5) is 21.3. The summed E-state index contributed by atoms with van der Waals surface area (Å²) in [5, 5.41) is 20.0. The number of carbonyl (C=O) groups is 1. The highest BCUT2D eigenvalue weighted by Crippen LogP contribution is 2.28. The number of sulfonamides is 1. The summed E-state index contributed by atoms with van der Waals surface area (Å²) in [7, 11) is -3.90. The molecule has 0 bridgehead atoms. The molecule has 2 rings (SSSR count). The second-order valence-electron chi connectivity index (χ2n) is 6.17. The lowest BCUT2D eigenvalue weighted by molar-refractivity contribution is -0.385. The number of nitrogens with zero attached hydrogens (tertiary/aromatic N) is 1. The minimum Gasteiger partial charge on any atom is -0.481 e. The summed E-state index contributed by atoms with van der Waals surface area (Å²) in [6, 6.07) is 2.20. The fourth-order valence-corrected chi connectivity index (χ4v) is 4.60. The molecule has 1 saturated carbocycles. The lowest BCUT2D eigenvalue weighted by atomic mass is 9.87. The van der Waals surface area contributed by atoms with Gasteiger partial charge >= 0.3 is 5.97 Å². The van der Waals surface area contributed by atoms with Crippen molar-refractivity contribution in [2.75, 3.05) is 0 Å². The molecule has 0 spiro atoms. The summed E-state index contributed by atoms with van der Waals surface area (Å²) >= 11 is 0. The van der Waals surface area contributed by atoms with Crippen LogP contribution in [0.25, 0.3) is 0 Å². The van der Waals surface area contributed by atoms with Gasteiger partial charge in [-0.3, -0.25) is 14.9 Å². The van der Waals surface area contributed by atoms with Crippen LogP contribution in [0.4, 0.5) is 5.69 Å². The molecule has 0 unspecified atom stereocenters. The average Bonchev–Trinajstić information content (AvgIpc) is 2.46. The van der Waals surface area contributed by atoms with Crippen molar-refractivity contribution < 1.29 is 23.2 Å². The van der Waals surface area contributed by atoms with E-state index in [0.717, 1.165) is 6.07 Å². The lowest BCUT2D eigenvalue weighted by Gasteiger charge is -2.26. The number of aryl methyl sites for hydroxylation is 2. The molecule has 1 aliphatic rings. The largest absolute Gasteiger partial charge is 0.481 e. The van der Waals surface area contributed by atoms with E-state index in [2.05, 4.69) is 4.72 Å². The Balaban J connectivity index is 2.21. The van der Waals surface area contributed by atoms with Crippen LogP contribution in [0.15, 0.2) is 17.0 Å². The number of nitro benzene ring substituents is 1. The predicted molar refractivity (Wildman–Crippen MR) is 86.3 cm³/mol. The van der Waals surface area contributed by atoms with Gasteiger partial charge in [0.25, 0.3) is 5.69 Å². The number of aliphatic carboxylic acids is 1. The van der Waals surface area contributed by atoms with E-state index in [1.807, 2.05) is 0 Å². The molecule has 1 aliphatic carbocycles. The number of hydrogen-bond donors (Lipinski definition) is 2. The molecule has 24 heavy (non-hydrogen) atoms. The maximum absolute atomic E-state index is 12.6. The Morgan fingerprint density at radius 1 is 1.21 bits per heavy atom. The van der Waals surface area contributed by atoms with E-state index in [9.17, 15) is 23.3 Å². The molecule has 1 fully saturated rings. The van der Waals surface area contributed by atoms with Crippen molar-refractivity contribution in [3.8, 4) is 0 Å². The van der Waals surface area contributed by atoms with Crippen molar-refractivity contribution in [2.24, 2.45) is 5.92 Å². The smallest absolute Gasteiger partial charge is 0.306 e. The van der Waals surface area contributed by atoms with Crippen LogP contribution < -0.4 is 4.72 Å². The number of nitrogens with one attached hydrogen (secondary N) is 1. The molecule has 0 aromatic heterocycles.